The third-order valence-corrected chi connectivity index (χ3v) is 5.60. The Morgan fingerprint density at radius 2 is 1.62 bits per heavy atom. The molecule has 3 rings (SSSR count). The van der Waals surface area contributed by atoms with Gasteiger partial charge >= 0.3 is 5.97 Å². The predicted molar refractivity (Wildman–Crippen MR) is 126 cm³/mol. The second-order valence-electron chi connectivity index (χ2n) is 6.58. The number of carbonyl (C=O) groups is 1. The van der Waals surface area contributed by atoms with Crippen LogP contribution in [0.4, 0.5) is 5.69 Å². The first-order valence-electron chi connectivity index (χ1n) is 9.09. The van der Waals surface area contributed by atoms with Gasteiger partial charge in [0.2, 0.25) is 0 Å². The van der Waals surface area contributed by atoms with Gasteiger partial charge in [0.1, 0.15) is 12.4 Å². The predicted octanol–water partition coefficient (Wildman–Crippen LogP) is 6.46. The molecule has 0 amide bonds. The molecule has 0 fully saturated rings. The number of benzene rings is 3. The van der Waals surface area contributed by atoms with Crippen LogP contribution in [0.25, 0.3) is 11.6 Å². The molecule has 0 heterocycles. The summed E-state index contributed by atoms with van der Waals surface area (Å²) < 4.78 is 7.16. The Morgan fingerprint density at radius 3 is 2.12 bits per heavy atom. The molecule has 0 aliphatic rings. The Hall–Kier alpha value is -3.48. The van der Waals surface area contributed by atoms with E-state index in [4.69, 9.17) is 9.84 Å². The Kier molecular flexibility index (Phi) is 7.41. The van der Waals surface area contributed by atoms with Crippen LogP contribution in [0, 0.1) is 21.4 Å². The van der Waals surface area contributed by atoms with Crippen molar-refractivity contribution in [2.45, 2.75) is 6.61 Å². The van der Waals surface area contributed by atoms with Crippen molar-refractivity contribution in [3.05, 3.63) is 102 Å². The number of nitriles is 1. The van der Waals surface area contributed by atoms with Crippen LogP contribution in [-0.2, 0) is 6.61 Å². The molecule has 0 aliphatic carbocycles. The summed E-state index contributed by atoms with van der Waals surface area (Å²) in [7, 11) is 0. The molecule has 0 spiro atoms. The van der Waals surface area contributed by atoms with Crippen LogP contribution in [0.3, 0.4) is 0 Å². The van der Waals surface area contributed by atoms with Crippen LogP contribution in [0.1, 0.15) is 27.0 Å². The number of aromatic carboxylic acids is 1. The lowest BCUT2D eigenvalue weighted by molar-refractivity contribution is -0.384. The van der Waals surface area contributed by atoms with E-state index in [1.807, 2.05) is 0 Å². The highest BCUT2D eigenvalue weighted by atomic mass is 79.9. The molecule has 160 valence electrons. The zero-order valence-corrected chi connectivity index (χ0v) is 19.5. The lowest BCUT2D eigenvalue weighted by atomic mass is 10.0. The largest absolute Gasteiger partial charge is 0.487 e. The third-order valence-electron chi connectivity index (χ3n) is 4.43. The van der Waals surface area contributed by atoms with Crippen LogP contribution in [0.15, 0.2) is 69.6 Å². The fourth-order valence-electron chi connectivity index (χ4n) is 2.81. The lowest BCUT2D eigenvalue weighted by Crippen LogP contribution is -1.98. The van der Waals surface area contributed by atoms with E-state index in [0.29, 0.717) is 25.8 Å². The summed E-state index contributed by atoms with van der Waals surface area (Å²) in [5.41, 5.74) is 2.63. The number of halogens is 2. The fourth-order valence-corrected chi connectivity index (χ4v) is 4.26. The topological polar surface area (TPSA) is 113 Å². The van der Waals surface area contributed by atoms with E-state index in [2.05, 4.69) is 37.9 Å². The number of hydrogen-bond donors (Lipinski definition) is 1. The maximum absolute atomic E-state index is 11.0. The van der Waals surface area contributed by atoms with Gasteiger partial charge in [0.05, 0.1) is 31.1 Å². The zero-order chi connectivity index (χ0) is 23.3. The average molecular weight is 558 g/mol. The third kappa shape index (κ3) is 5.60. The summed E-state index contributed by atoms with van der Waals surface area (Å²) >= 11 is 6.95. The standard InChI is InChI=1S/C23H14Br2N2O5/c24-20-10-15(9-18(12-26)16-3-5-17(6-4-16)23(28)29)11-21(25)22(20)32-13-14-1-7-19(8-2-14)27(30)31/h1-11H,13H2,(H,28,29)/b18-9-. The van der Waals surface area contributed by atoms with E-state index >= 15 is 0 Å². The minimum atomic E-state index is -1.03. The van der Waals surface area contributed by atoms with Crippen LogP contribution in [0.2, 0.25) is 0 Å². The second-order valence-corrected chi connectivity index (χ2v) is 8.29. The number of carboxylic acid groups (broad SMARTS) is 1. The fraction of sp³-hybridized carbons (Fsp3) is 0.0435. The maximum atomic E-state index is 11.0. The first-order chi connectivity index (χ1) is 15.3. The van der Waals surface area contributed by atoms with E-state index in [9.17, 15) is 20.2 Å². The highest BCUT2D eigenvalue weighted by Crippen LogP contribution is 2.36. The van der Waals surface area contributed by atoms with Gasteiger partial charge in [0.25, 0.3) is 5.69 Å². The second kappa shape index (κ2) is 10.2. The van der Waals surface area contributed by atoms with Crippen LogP contribution < -0.4 is 4.74 Å². The number of nitrogens with zero attached hydrogens (tertiary/aromatic N) is 2. The minimum Gasteiger partial charge on any atom is -0.487 e. The normalized spacial score (nSPS) is 11.0. The zero-order valence-electron chi connectivity index (χ0n) is 16.3. The van der Waals surface area contributed by atoms with Crippen molar-refractivity contribution < 1.29 is 19.6 Å². The van der Waals surface area contributed by atoms with E-state index in [1.54, 1.807) is 42.5 Å². The first kappa shape index (κ1) is 23.2. The summed E-state index contributed by atoms with van der Waals surface area (Å²) in [5, 5.41) is 29.3. The summed E-state index contributed by atoms with van der Waals surface area (Å²) in [6.45, 7) is 0.212. The maximum Gasteiger partial charge on any atom is 0.335 e. The molecule has 0 radical (unpaired) electrons. The Bertz CT molecular complexity index is 1220. The number of rotatable bonds is 7. The molecular formula is C23H14Br2N2O5. The number of hydrogen-bond acceptors (Lipinski definition) is 5. The molecule has 3 aromatic rings. The molecule has 32 heavy (non-hydrogen) atoms. The number of non-ortho nitro benzene ring substituents is 1. The molecule has 0 unspecified atom stereocenters. The molecule has 0 aliphatic heterocycles. The number of allylic oxidation sites excluding steroid dienone is 1. The van der Waals surface area contributed by atoms with Crippen molar-refractivity contribution in [3.8, 4) is 11.8 Å². The molecule has 0 saturated heterocycles. The minimum absolute atomic E-state index is 0.0122. The SMILES string of the molecule is N#C/C(=C/c1cc(Br)c(OCc2ccc([N+](=O)[O-])cc2)c(Br)c1)c1ccc(C(=O)O)cc1. The van der Waals surface area contributed by atoms with Crippen molar-refractivity contribution in [1.29, 1.82) is 5.26 Å². The number of nitro benzene ring substituents is 1. The summed E-state index contributed by atoms with van der Waals surface area (Å²) in [4.78, 5) is 21.3. The van der Waals surface area contributed by atoms with E-state index in [1.165, 1.54) is 24.3 Å². The smallest absolute Gasteiger partial charge is 0.335 e. The van der Waals surface area contributed by atoms with Gasteiger partial charge in [-0.2, -0.15) is 5.26 Å². The van der Waals surface area contributed by atoms with Gasteiger partial charge in [0.15, 0.2) is 0 Å². The highest BCUT2D eigenvalue weighted by molar-refractivity contribution is 9.11. The monoisotopic (exact) mass is 556 g/mol. The molecular weight excluding hydrogens is 544 g/mol. The van der Waals surface area contributed by atoms with Crippen LogP contribution >= 0.6 is 31.9 Å². The molecule has 0 aromatic heterocycles. The van der Waals surface area contributed by atoms with E-state index in [0.717, 1.165) is 11.1 Å². The van der Waals surface area contributed by atoms with Gasteiger partial charge in [-0.05, 0) is 91.0 Å². The molecule has 0 bridgehead atoms. The van der Waals surface area contributed by atoms with Crippen molar-refractivity contribution in [3.63, 3.8) is 0 Å². The van der Waals surface area contributed by atoms with Gasteiger partial charge in [-0.25, -0.2) is 4.79 Å². The van der Waals surface area contributed by atoms with Crippen molar-refractivity contribution in [2.24, 2.45) is 0 Å². The number of ether oxygens (including phenoxy) is 1. The van der Waals surface area contributed by atoms with Crippen molar-refractivity contribution in [2.75, 3.05) is 0 Å². The molecule has 1 N–H and O–H groups in total. The summed E-state index contributed by atoms with van der Waals surface area (Å²) in [6, 6.07) is 17.9. The molecule has 9 heteroatoms. The number of carboxylic acids is 1. The summed E-state index contributed by atoms with van der Waals surface area (Å²) in [5.74, 6) is -0.485. The van der Waals surface area contributed by atoms with Gasteiger partial charge in [-0.3, -0.25) is 10.1 Å². The van der Waals surface area contributed by atoms with Gasteiger partial charge in [-0.15, -0.1) is 0 Å². The Labute approximate surface area is 200 Å². The molecule has 7 nitrogen and oxygen atoms in total. The van der Waals surface area contributed by atoms with Gasteiger partial charge < -0.3 is 9.84 Å². The number of nitro groups is 1. The van der Waals surface area contributed by atoms with Crippen molar-refractivity contribution in [1.82, 2.24) is 0 Å². The molecule has 3 aromatic carbocycles. The Balaban J connectivity index is 1.80. The van der Waals surface area contributed by atoms with E-state index < -0.39 is 10.9 Å². The van der Waals surface area contributed by atoms with Gasteiger partial charge in [0, 0.05) is 12.1 Å². The van der Waals surface area contributed by atoms with E-state index in [-0.39, 0.29) is 17.9 Å². The Morgan fingerprint density at radius 1 is 1.06 bits per heavy atom. The average Bonchev–Trinajstić information content (AvgIpc) is 2.77. The first-order valence-corrected chi connectivity index (χ1v) is 10.7. The lowest BCUT2D eigenvalue weighted by Gasteiger charge is -2.12. The molecule has 0 atom stereocenters. The van der Waals surface area contributed by atoms with Crippen LogP contribution in [0.5, 0.6) is 5.75 Å². The van der Waals surface area contributed by atoms with Crippen molar-refractivity contribution >= 4 is 55.2 Å². The van der Waals surface area contributed by atoms with Crippen LogP contribution in [-0.4, -0.2) is 16.0 Å². The highest BCUT2D eigenvalue weighted by Gasteiger charge is 2.11. The quantitative estimate of drug-likeness (QED) is 0.154. The van der Waals surface area contributed by atoms with Gasteiger partial charge in [-0.1, -0.05) is 12.1 Å². The summed E-state index contributed by atoms with van der Waals surface area (Å²) in [6.07, 6.45) is 1.69. The molecule has 0 saturated carbocycles.